The third-order valence-corrected chi connectivity index (χ3v) is 7.69. The molecule has 2 aromatic heterocycles. The van der Waals surface area contributed by atoms with E-state index in [0.717, 1.165) is 18.4 Å². The second-order valence-corrected chi connectivity index (χ2v) is 10.4. The fraction of sp³-hybridized carbons (Fsp3) is 0.448. The molecule has 1 N–H and O–H groups in total. The Morgan fingerprint density at radius 1 is 1.00 bits per heavy atom. The number of carbonyl (C=O) groups is 2. The number of aromatic nitrogens is 3. The molecule has 1 aromatic carbocycles. The Bertz CT molecular complexity index is 1310. The number of carbonyl (C=O) groups excluding carboxylic acids is 2. The van der Waals surface area contributed by atoms with Gasteiger partial charge in [0.05, 0.1) is 18.5 Å². The van der Waals surface area contributed by atoms with Crippen molar-refractivity contribution in [3.05, 3.63) is 72.2 Å². The van der Waals surface area contributed by atoms with Gasteiger partial charge in [-0.05, 0) is 56.2 Å². The molecule has 1 atom stereocenters. The van der Waals surface area contributed by atoms with Gasteiger partial charge >= 0.3 is 6.18 Å². The Labute approximate surface area is 230 Å². The quantitative estimate of drug-likeness (QED) is 0.407. The summed E-state index contributed by atoms with van der Waals surface area (Å²) in [6, 6.07) is 14.6. The van der Waals surface area contributed by atoms with Crippen LogP contribution in [-0.4, -0.2) is 56.8 Å². The number of anilines is 1. The number of pyridine rings is 1. The van der Waals surface area contributed by atoms with Crippen molar-refractivity contribution in [2.75, 3.05) is 18.5 Å². The number of hydrogen-bond donors (Lipinski definition) is 1. The van der Waals surface area contributed by atoms with Gasteiger partial charge in [0.1, 0.15) is 6.61 Å². The zero-order valence-corrected chi connectivity index (χ0v) is 22.0. The maximum atomic E-state index is 13.2. The highest BCUT2D eigenvalue weighted by Crippen LogP contribution is 2.40. The van der Waals surface area contributed by atoms with Crippen LogP contribution in [0.15, 0.2) is 60.9 Å². The second-order valence-electron chi connectivity index (χ2n) is 10.4. The molecule has 0 radical (unpaired) electrons. The van der Waals surface area contributed by atoms with Gasteiger partial charge in [-0.25, -0.2) is 4.98 Å². The zero-order valence-electron chi connectivity index (χ0n) is 22.0. The van der Waals surface area contributed by atoms with Crippen molar-refractivity contribution in [3.63, 3.8) is 0 Å². The molecule has 2 aliphatic rings. The van der Waals surface area contributed by atoms with Crippen LogP contribution in [0, 0.1) is 11.8 Å². The number of alkyl halides is 3. The van der Waals surface area contributed by atoms with E-state index in [1.165, 1.54) is 6.20 Å². The van der Waals surface area contributed by atoms with Gasteiger partial charge in [-0.1, -0.05) is 30.3 Å². The minimum absolute atomic E-state index is 0.00638. The molecule has 2 fully saturated rings. The van der Waals surface area contributed by atoms with E-state index in [9.17, 15) is 22.8 Å². The van der Waals surface area contributed by atoms with E-state index >= 15 is 0 Å². The van der Waals surface area contributed by atoms with Crippen molar-refractivity contribution in [1.82, 2.24) is 19.7 Å². The van der Waals surface area contributed by atoms with Crippen molar-refractivity contribution in [2.45, 2.75) is 57.3 Å². The predicted molar refractivity (Wildman–Crippen MR) is 142 cm³/mol. The number of halogens is 3. The first-order valence-corrected chi connectivity index (χ1v) is 13.6. The van der Waals surface area contributed by atoms with Crippen molar-refractivity contribution in [3.8, 4) is 5.75 Å². The first-order valence-electron chi connectivity index (χ1n) is 13.6. The highest BCUT2D eigenvalue weighted by Gasteiger charge is 2.44. The molecule has 1 aliphatic heterocycles. The zero-order chi connectivity index (χ0) is 28.1. The van der Waals surface area contributed by atoms with Crippen LogP contribution in [-0.2, 0) is 11.3 Å². The average molecular weight is 556 g/mol. The smallest absolute Gasteiger partial charge is 0.391 e. The average Bonchev–Trinajstić information content (AvgIpc) is 3.61. The minimum atomic E-state index is -4.20. The van der Waals surface area contributed by atoms with E-state index < -0.39 is 18.0 Å². The number of hydrogen-bond acceptors (Lipinski definition) is 5. The molecular formula is C29H32F3N5O3. The monoisotopic (exact) mass is 555 g/mol. The summed E-state index contributed by atoms with van der Waals surface area (Å²) < 4.78 is 46.8. The van der Waals surface area contributed by atoms with Gasteiger partial charge in [-0.2, -0.15) is 18.3 Å². The number of benzene rings is 1. The lowest BCUT2D eigenvalue weighted by molar-refractivity contribution is -0.185. The summed E-state index contributed by atoms with van der Waals surface area (Å²) in [7, 11) is 0. The Hall–Kier alpha value is -3.89. The molecule has 1 aliphatic carbocycles. The Morgan fingerprint density at radius 3 is 2.52 bits per heavy atom. The maximum absolute atomic E-state index is 13.2. The summed E-state index contributed by atoms with van der Waals surface area (Å²) in [6.45, 7) is 1.29. The van der Waals surface area contributed by atoms with Crippen LogP contribution >= 0.6 is 0 Å². The number of likely N-dealkylation sites (tertiary alicyclic amines) is 1. The third kappa shape index (κ3) is 6.63. The summed E-state index contributed by atoms with van der Waals surface area (Å²) in [6.07, 6.45) is 1.09. The van der Waals surface area contributed by atoms with Crippen molar-refractivity contribution in [1.29, 1.82) is 0 Å². The van der Waals surface area contributed by atoms with Gasteiger partial charge in [0.15, 0.2) is 17.3 Å². The molecule has 8 nitrogen and oxygen atoms in total. The first kappa shape index (κ1) is 27.7. The summed E-state index contributed by atoms with van der Waals surface area (Å²) in [5.74, 6) is -1.61. The van der Waals surface area contributed by atoms with Crippen LogP contribution in [0.1, 0.15) is 54.6 Å². The molecule has 3 aromatic rings. The van der Waals surface area contributed by atoms with Crippen LogP contribution in [0.4, 0.5) is 19.0 Å². The van der Waals surface area contributed by atoms with Crippen LogP contribution in [0.2, 0.25) is 0 Å². The Balaban J connectivity index is 1.17. The number of ether oxygens (including phenoxy) is 1. The summed E-state index contributed by atoms with van der Waals surface area (Å²) in [4.78, 5) is 32.2. The number of rotatable bonds is 8. The minimum Gasteiger partial charge on any atom is -0.489 e. The topological polar surface area (TPSA) is 89.3 Å². The molecule has 11 heteroatoms. The van der Waals surface area contributed by atoms with Gasteiger partial charge in [0.25, 0.3) is 5.91 Å². The van der Waals surface area contributed by atoms with Gasteiger partial charge in [-0.15, -0.1) is 0 Å². The molecule has 1 saturated heterocycles. The van der Waals surface area contributed by atoms with E-state index in [4.69, 9.17) is 4.74 Å². The number of amides is 2. The lowest BCUT2D eigenvalue weighted by Crippen LogP contribution is -2.44. The highest BCUT2D eigenvalue weighted by molar-refractivity contribution is 6.04. The molecule has 0 unspecified atom stereocenters. The van der Waals surface area contributed by atoms with Crippen LogP contribution in [0.5, 0.6) is 5.75 Å². The van der Waals surface area contributed by atoms with Crippen molar-refractivity contribution >= 4 is 17.6 Å². The van der Waals surface area contributed by atoms with Gasteiger partial charge in [0, 0.05) is 30.9 Å². The normalized spacial score (nSPS) is 21.3. The van der Waals surface area contributed by atoms with E-state index in [2.05, 4.69) is 15.4 Å². The van der Waals surface area contributed by atoms with Crippen molar-refractivity contribution < 1.29 is 27.5 Å². The maximum Gasteiger partial charge on any atom is 0.391 e. The van der Waals surface area contributed by atoms with Gasteiger partial charge < -0.3 is 15.0 Å². The van der Waals surface area contributed by atoms with Crippen molar-refractivity contribution in [2.24, 2.45) is 11.8 Å². The van der Waals surface area contributed by atoms with Crippen LogP contribution in [0.3, 0.4) is 0 Å². The summed E-state index contributed by atoms with van der Waals surface area (Å²) in [5, 5.41) is 7.17. The van der Waals surface area contributed by atoms with E-state index in [1.54, 1.807) is 34.0 Å². The van der Waals surface area contributed by atoms with E-state index in [0.29, 0.717) is 18.9 Å². The summed E-state index contributed by atoms with van der Waals surface area (Å²) >= 11 is 0. The Morgan fingerprint density at radius 2 is 1.77 bits per heavy atom. The highest BCUT2D eigenvalue weighted by atomic mass is 19.4. The molecule has 40 heavy (non-hydrogen) atoms. The lowest BCUT2D eigenvalue weighted by Gasteiger charge is -2.33. The molecule has 0 bridgehead atoms. The number of nitrogens with one attached hydrogen (secondary N) is 1. The molecule has 5 rings (SSSR count). The SMILES string of the molecule is O=C(Nc1ccn(Cc2ccccc2)n1)c1ncccc1OC[C@H]1CCCN1C(=O)C1CCC(C(F)(F)F)CC1. The van der Waals surface area contributed by atoms with Gasteiger partial charge in [0.2, 0.25) is 5.91 Å². The molecule has 1 saturated carbocycles. The fourth-order valence-corrected chi connectivity index (χ4v) is 5.53. The standard InChI is InChI=1S/C29H32F3N5O3/c30-29(31,32)22-12-10-21(11-13-22)28(39)37-16-5-8-23(37)19-40-24-9-4-15-33-26(24)27(38)34-25-14-17-36(35-25)18-20-6-2-1-3-7-20/h1-4,6-7,9,14-15,17,21-23H,5,8,10-13,16,18-19H2,(H,34,35,38)/t21?,22?,23-/m1/s1. The predicted octanol–water partition coefficient (Wildman–Crippen LogP) is 5.32. The van der Waals surface area contributed by atoms with Crippen LogP contribution in [0.25, 0.3) is 0 Å². The third-order valence-electron chi connectivity index (χ3n) is 7.69. The van der Waals surface area contributed by atoms with Gasteiger partial charge in [-0.3, -0.25) is 14.3 Å². The molecule has 212 valence electrons. The molecular weight excluding hydrogens is 523 g/mol. The van der Waals surface area contributed by atoms with E-state index in [1.807, 2.05) is 30.3 Å². The summed E-state index contributed by atoms with van der Waals surface area (Å²) in [5.41, 5.74) is 1.18. The molecule has 3 heterocycles. The largest absolute Gasteiger partial charge is 0.489 e. The van der Waals surface area contributed by atoms with Crippen LogP contribution < -0.4 is 10.1 Å². The number of nitrogens with zero attached hydrogens (tertiary/aromatic N) is 4. The fourth-order valence-electron chi connectivity index (χ4n) is 5.53. The lowest BCUT2D eigenvalue weighted by atomic mass is 9.81. The molecule has 2 amide bonds. The Kier molecular flexibility index (Phi) is 8.37. The van der Waals surface area contributed by atoms with E-state index in [-0.39, 0.29) is 61.6 Å². The second kappa shape index (κ2) is 12.1. The molecule has 0 spiro atoms. The first-order chi connectivity index (χ1) is 19.3.